The monoisotopic (exact) mass is 278 g/mol. The van der Waals surface area contributed by atoms with Gasteiger partial charge in [-0.25, -0.2) is 4.98 Å². The molecule has 1 aliphatic rings. The third-order valence-corrected chi connectivity index (χ3v) is 4.09. The van der Waals surface area contributed by atoms with Gasteiger partial charge in [0.15, 0.2) is 0 Å². The SMILES string of the molecule is CC(C)C1CCCCC1Nc1nc(N)ccc1[N+](=O)[O-]. The average Bonchev–Trinajstić information content (AvgIpc) is 2.38. The number of nitrogens with one attached hydrogen (secondary N) is 1. The van der Waals surface area contributed by atoms with Crippen LogP contribution >= 0.6 is 0 Å². The first-order valence-electron chi connectivity index (χ1n) is 7.16. The fourth-order valence-electron chi connectivity index (χ4n) is 3.03. The highest BCUT2D eigenvalue weighted by Gasteiger charge is 2.29. The van der Waals surface area contributed by atoms with Crippen LogP contribution in [-0.4, -0.2) is 15.9 Å². The van der Waals surface area contributed by atoms with Crippen molar-refractivity contribution in [2.75, 3.05) is 11.1 Å². The second-order valence-corrected chi connectivity index (χ2v) is 5.80. The zero-order valence-corrected chi connectivity index (χ0v) is 12.0. The van der Waals surface area contributed by atoms with Crippen molar-refractivity contribution in [1.29, 1.82) is 0 Å². The van der Waals surface area contributed by atoms with Gasteiger partial charge in [-0.05, 0) is 30.7 Å². The number of nitro groups is 1. The molecular formula is C14H22N4O2. The lowest BCUT2D eigenvalue weighted by atomic mass is 9.78. The molecule has 0 radical (unpaired) electrons. The van der Waals surface area contributed by atoms with Gasteiger partial charge in [-0.3, -0.25) is 10.1 Å². The molecule has 1 aromatic heterocycles. The lowest BCUT2D eigenvalue weighted by Crippen LogP contribution is -2.35. The molecule has 0 aliphatic heterocycles. The second kappa shape index (κ2) is 6.07. The number of rotatable bonds is 4. The molecule has 0 aromatic carbocycles. The van der Waals surface area contributed by atoms with Crippen LogP contribution in [0.5, 0.6) is 0 Å². The van der Waals surface area contributed by atoms with E-state index in [9.17, 15) is 10.1 Å². The van der Waals surface area contributed by atoms with Gasteiger partial charge in [-0.15, -0.1) is 0 Å². The molecule has 1 aliphatic carbocycles. The zero-order chi connectivity index (χ0) is 14.7. The summed E-state index contributed by atoms with van der Waals surface area (Å²) in [6, 6.07) is 3.11. The van der Waals surface area contributed by atoms with Crippen LogP contribution in [0.4, 0.5) is 17.3 Å². The van der Waals surface area contributed by atoms with Crippen molar-refractivity contribution in [3.05, 3.63) is 22.2 Å². The van der Waals surface area contributed by atoms with Crippen LogP contribution in [0.1, 0.15) is 39.5 Å². The number of aromatic nitrogens is 1. The van der Waals surface area contributed by atoms with Crippen LogP contribution in [0.25, 0.3) is 0 Å². The number of hydrogen-bond acceptors (Lipinski definition) is 5. The van der Waals surface area contributed by atoms with Crippen molar-refractivity contribution in [1.82, 2.24) is 4.98 Å². The van der Waals surface area contributed by atoms with Crippen LogP contribution in [0.15, 0.2) is 12.1 Å². The maximum Gasteiger partial charge on any atom is 0.311 e. The molecular weight excluding hydrogens is 256 g/mol. The molecule has 6 heteroatoms. The number of nitrogens with zero attached hydrogens (tertiary/aromatic N) is 2. The van der Waals surface area contributed by atoms with E-state index in [0.29, 0.717) is 23.5 Å². The zero-order valence-electron chi connectivity index (χ0n) is 12.0. The minimum absolute atomic E-state index is 0.00715. The predicted molar refractivity (Wildman–Crippen MR) is 79.5 cm³/mol. The Morgan fingerprint density at radius 3 is 2.75 bits per heavy atom. The Balaban J connectivity index is 2.23. The molecule has 3 N–H and O–H groups in total. The molecule has 1 heterocycles. The molecule has 2 atom stereocenters. The van der Waals surface area contributed by atoms with E-state index in [1.165, 1.54) is 18.6 Å². The van der Waals surface area contributed by atoms with Crippen molar-refractivity contribution in [3.63, 3.8) is 0 Å². The molecule has 110 valence electrons. The average molecular weight is 278 g/mol. The highest BCUT2D eigenvalue weighted by Crippen LogP contribution is 2.34. The highest BCUT2D eigenvalue weighted by molar-refractivity contribution is 5.59. The van der Waals surface area contributed by atoms with Gasteiger partial charge in [0.05, 0.1) is 4.92 Å². The van der Waals surface area contributed by atoms with Crippen molar-refractivity contribution >= 4 is 17.3 Å². The second-order valence-electron chi connectivity index (χ2n) is 5.80. The third-order valence-electron chi connectivity index (χ3n) is 4.09. The van der Waals surface area contributed by atoms with Crippen molar-refractivity contribution < 1.29 is 4.92 Å². The number of nitrogen functional groups attached to an aromatic ring is 1. The molecule has 1 saturated carbocycles. The van der Waals surface area contributed by atoms with Crippen LogP contribution in [0.3, 0.4) is 0 Å². The van der Waals surface area contributed by atoms with Crippen LogP contribution in [0, 0.1) is 22.0 Å². The molecule has 2 rings (SSSR count). The van der Waals surface area contributed by atoms with Crippen LogP contribution in [-0.2, 0) is 0 Å². The van der Waals surface area contributed by atoms with Crippen molar-refractivity contribution in [2.24, 2.45) is 11.8 Å². The first-order chi connectivity index (χ1) is 9.49. The Bertz CT molecular complexity index is 490. The quantitative estimate of drug-likeness (QED) is 0.651. The van der Waals surface area contributed by atoms with Gasteiger partial charge in [-0.2, -0.15) is 0 Å². The molecule has 1 fully saturated rings. The molecule has 20 heavy (non-hydrogen) atoms. The standard InChI is InChI=1S/C14H22N4O2/c1-9(2)10-5-3-4-6-11(10)16-14-12(18(19)20)7-8-13(15)17-14/h7-11H,3-6H2,1-2H3,(H3,15,16,17). The number of pyridine rings is 1. The molecule has 0 spiro atoms. The molecule has 6 nitrogen and oxygen atoms in total. The van der Waals surface area contributed by atoms with E-state index in [4.69, 9.17) is 5.73 Å². The topological polar surface area (TPSA) is 94.1 Å². The summed E-state index contributed by atoms with van der Waals surface area (Å²) in [5, 5.41) is 14.3. The van der Waals surface area contributed by atoms with Crippen molar-refractivity contribution in [3.8, 4) is 0 Å². The molecule has 2 unspecified atom stereocenters. The summed E-state index contributed by atoms with van der Waals surface area (Å²) >= 11 is 0. The summed E-state index contributed by atoms with van der Waals surface area (Å²) < 4.78 is 0. The maximum atomic E-state index is 11.1. The van der Waals surface area contributed by atoms with E-state index in [-0.39, 0.29) is 11.7 Å². The fraction of sp³-hybridized carbons (Fsp3) is 0.643. The number of anilines is 2. The highest BCUT2D eigenvalue weighted by atomic mass is 16.6. The third kappa shape index (κ3) is 3.18. The van der Waals surface area contributed by atoms with E-state index in [0.717, 1.165) is 19.3 Å². The summed E-state index contributed by atoms with van der Waals surface area (Å²) in [4.78, 5) is 14.8. The molecule has 0 bridgehead atoms. The van der Waals surface area contributed by atoms with Gasteiger partial charge in [-0.1, -0.05) is 26.7 Å². The van der Waals surface area contributed by atoms with Gasteiger partial charge in [0.2, 0.25) is 5.82 Å². The summed E-state index contributed by atoms with van der Waals surface area (Å²) in [5.41, 5.74) is 5.65. The Hall–Kier alpha value is -1.85. The van der Waals surface area contributed by atoms with Gasteiger partial charge < -0.3 is 11.1 Å². The van der Waals surface area contributed by atoms with Crippen molar-refractivity contribution in [2.45, 2.75) is 45.6 Å². The number of hydrogen-bond donors (Lipinski definition) is 2. The first kappa shape index (κ1) is 14.6. The maximum absolute atomic E-state index is 11.1. The van der Waals surface area contributed by atoms with E-state index in [2.05, 4.69) is 24.1 Å². The normalized spacial score (nSPS) is 22.8. The Morgan fingerprint density at radius 2 is 2.10 bits per heavy atom. The van der Waals surface area contributed by atoms with E-state index >= 15 is 0 Å². The van der Waals surface area contributed by atoms with Gasteiger partial charge >= 0.3 is 5.69 Å². The molecule has 1 aromatic rings. The fourth-order valence-corrected chi connectivity index (χ4v) is 3.03. The van der Waals surface area contributed by atoms with Crippen LogP contribution < -0.4 is 11.1 Å². The minimum atomic E-state index is -0.415. The molecule has 0 saturated heterocycles. The van der Waals surface area contributed by atoms with E-state index in [1.54, 1.807) is 0 Å². The van der Waals surface area contributed by atoms with E-state index < -0.39 is 4.92 Å². The Labute approximate surface area is 118 Å². The summed E-state index contributed by atoms with van der Waals surface area (Å²) in [6.45, 7) is 4.40. The largest absolute Gasteiger partial charge is 0.384 e. The van der Waals surface area contributed by atoms with E-state index in [1.807, 2.05) is 0 Å². The molecule has 0 amide bonds. The van der Waals surface area contributed by atoms with Crippen LogP contribution in [0.2, 0.25) is 0 Å². The predicted octanol–water partition coefficient (Wildman–Crippen LogP) is 3.20. The Morgan fingerprint density at radius 1 is 1.40 bits per heavy atom. The van der Waals surface area contributed by atoms with Gasteiger partial charge in [0.1, 0.15) is 5.82 Å². The minimum Gasteiger partial charge on any atom is -0.384 e. The summed E-state index contributed by atoms with van der Waals surface area (Å²) in [5.74, 6) is 1.67. The van der Waals surface area contributed by atoms with Gasteiger partial charge in [0.25, 0.3) is 0 Å². The lowest BCUT2D eigenvalue weighted by Gasteiger charge is -2.35. The lowest BCUT2D eigenvalue weighted by molar-refractivity contribution is -0.384. The van der Waals surface area contributed by atoms with Gasteiger partial charge in [0, 0.05) is 12.1 Å². The number of nitrogens with two attached hydrogens (primary N) is 1. The smallest absolute Gasteiger partial charge is 0.311 e. The summed E-state index contributed by atoms with van der Waals surface area (Å²) in [6.07, 6.45) is 4.56. The Kier molecular flexibility index (Phi) is 4.42. The first-order valence-corrected chi connectivity index (χ1v) is 7.16. The summed E-state index contributed by atoms with van der Waals surface area (Å²) in [7, 11) is 0.